The van der Waals surface area contributed by atoms with Crippen molar-refractivity contribution >= 4 is 18.3 Å². The Labute approximate surface area is 207 Å². The normalized spacial score (nSPS) is 15.2. The summed E-state index contributed by atoms with van der Waals surface area (Å²) in [6.07, 6.45) is -4.18. The fourth-order valence-corrected chi connectivity index (χ4v) is 4.68. The lowest BCUT2D eigenvalue weighted by molar-refractivity contribution is -0.274. The van der Waals surface area contributed by atoms with Gasteiger partial charge in [-0.25, -0.2) is 0 Å². The van der Waals surface area contributed by atoms with E-state index in [-0.39, 0.29) is 30.1 Å². The number of rotatable bonds is 6. The largest absolute Gasteiger partial charge is 0.573 e. The summed E-state index contributed by atoms with van der Waals surface area (Å²) in [4.78, 5) is 12.8. The Balaban J connectivity index is 0.00000342. The maximum atomic E-state index is 12.8. The molecule has 0 saturated carbocycles. The van der Waals surface area contributed by atoms with Crippen molar-refractivity contribution in [2.75, 3.05) is 20.2 Å². The molecule has 0 unspecified atom stereocenters. The van der Waals surface area contributed by atoms with Crippen molar-refractivity contribution in [1.29, 1.82) is 0 Å². The summed E-state index contributed by atoms with van der Waals surface area (Å²) in [5.41, 5.74) is 10.8. The number of aromatic nitrogens is 1. The lowest BCUT2D eigenvalue weighted by Gasteiger charge is -2.29. The van der Waals surface area contributed by atoms with Crippen LogP contribution in [0.2, 0.25) is 0 Å². The smallest absolute Gasteiger partial charge is 0.496 e. The van der Waals surface area contributed by atoms with Crippen LogP contribution in [0.1, 0.15) is 34.1 Å². The Bertz CT molecular complexity index is 1220. The minimum Gasteiger partial charge on any atom is -0.496 e. The van der Waals surface area contributed by atoms with Gasteiger partial charge < -0.3 is 25.1 Å². The first-order valence-corrected chi connectivity index (χ1v) is 10.9. The summed E-state index contributed by atoms with van der Waals surface area (Å²) in [6.45, 7) is 4.69. The van der Waals surface area contributed by atoms with Crippen LogP contribution in [0.5, 0.6) is 11.5 Å². The van der Waals surface area contributed by atoms with Crippen LogP contribution in [0.3, 0.4) is 0 Å². The van der Waals surface area contributed by atoms with Gasteiger partial charge in [0, 0.05) is 12.1 Å². The molecule has 1 atom stereocenters. The molecule has 0 radical (unpaired) electrons. The molecule has 188 valence electrons. The molecule has 1 aliphatic rings. The number of hydrogen-bond acceptors (Lipinski definition) is 4. The molecule has 2 aromatic carbocycles. The third kappa shape index (κ3) is 5.26. The number of nitrogens with one attached hydrogen (secondary N) is 1. The van der Waals surface area contributed by atoms with Crippen LogP contribution in [0, 0.1) is 13.8 Å². The van der Waals surface area contributed by atoms with E-state index in [2.05, 4.69) is 10.1 Å². The predicted octanol–water partition coefficient (Wildman–Crippen LogP) is 5.40. The number of methoxy groups -OCH3 is 1. The Morgan fingerprint density at radius 3 is 2.40 bits per heavy atom. The van der Waals surface area contributed by atoms with Crippen molar-refractivity contribution in [3.63, 3.8) is 0 Å². The van der Waals surface area contributed by atoms with Gasteiger partial charge in [0.15, 0.2) is 0 Å². The molecule has 6 nitrogen and oxygen atoms in total. The van der Waals surface area contributed by atoms with Crippen molar-refractivity contribution < 1.29 is 27.4 Å². The molecule has 0 aliphatic carbocycles. The molecular weight excluding hydrogens is 483 g/mol. The van der Waals surface area contributed by atoms with Gasteiger partial charge in [-0.15, -0.1) is 25.6 Å². The third-order valence-corrected chi connectivity index (χ3v) is 5.95. The zero-order valence-electron chi connectivity index (χ0n) is 19.5. The SMILES string of the molecule is COc1c(C)cc(-c2c(-c3cccc(OC(F)(F)F)c3)cc3n2[C@@H](CCN)CNC3=O)cc1C.Cl. The molecule has 2 heterocycles. The molecule has 3 N–H and O–H groups in total. The monoisotopic (exact) mass is 509 g/mol. The minimum atomic E-state index is -4.81. The number of fused-ring (bicyclic) bond motifs is 1. The van der Waals surface area contributed by atoms with E-state index in [0.717, 1.165) is 28.1 Å². The summed E-state index contributed by atoms with van der Waals surface area (Å²) >= 11 is 0. The second-order valence-corrected chi connectivity index (χ2v) is 8.32. The van der Waals surface area contributed by atoms with Crippen LogP contribution in [0.25, 0.3) is 22.4 Å². The number of nitrogens with zero attached hydrogens (tertiary/aromatic N) is 1. The number of alkyl halides is 3. The molecule has 1 aliphatic heterocycles. The Morgan fingerprint density at radius 1 is 1.11 bits per heavy atom. The maximum Gasteiger partial charge on any atom is 0.573 e. The van der Waals surface area contributed by atoms with Gasteiger partial charge in [-0.2, -0.15) is 0 Å². The van der Waals surface area contributed by atoms with Gasteiger partial charge in [-0.05, 0) is 79.4 Å². The average molecular weight is 510 g/mol. The zero-order valence-corrected chi connectivity index (χ0v) is 20.3. The minimum absolute atomic E-state index is 0. The standard InChI is InChI=1S/C25H26F3N3O3.ClH/c1-14-9-17(10-15(2)23(14)33-3)22-20(16-5-4-6-19(11-16)34-25(26,27)28)12-21-24(32)30-13-18(7-8-29)31(21)22;/h4-6,9-12,18H,7-8,13,29H2,1-3H3,(H,30,32);1H/t18-;/m0./s1. The van der Waals surface area contributed by atoms with Crippen molar-refractivity contribution in [1.82, 2.24) is 9.88 Å². The van der Waals surface area contributed by atoms with Gasteiger partial charge in [0.05, 0.1) is 18.8 Å². The van der Waals surface area contributed by atoms with Crippen LogP contribution in [0.15, 0.2) is 42.5 Å². The van der Waals surface area contributed by atoms with Crippen molar-refractivity contribution in [3.05, 3.63) is 59.3 Å². The lowest BCUT2D eigenvalue weighted by Crippen LogP contribution is -2.39. The average Bonchev–Trinajstić information content (AvgIpc) is 3.16. The number of carbonyl (C=O) groups is 1. The fourth-order valence-electron chi connectivity index (χ4n) is 4.68. The molecule has 0 bridgehead atoms. The molecule has 1 amide bonds. The quantitative estimate of drug-likeness (QED) is 0.466. The van der Waals surface area contributed by atoms with Crippen LogP contribution in [0.4, 0.5) is 13.2 Å². The van der Waals surface area contributed by atoms with Crippen LogP contribution >= 0.6 is 12.4 Å². The number of hydrogen-bond donors (Lipinski definition) is 2. The first kappa shape index (κ1) is 26.4. The lowest BCUT2D eigenvalue weighted by atomic mass is 9.97. The molecular formula is C25H27ClF3N3O3. The topological polar surface area (TPSA) is 78.5 Å². The molecule has 0 fully saturated rings. The van der Waals surface area contributed by atoms with E-state index < -0.39 is 6.36 Å². The second-order valence-electron chi connectivity index (χ2n) is 8.32. The molecule has 0 spiro atoms. The Hall–Kier alpha value is -3.17. The molecule has 1 aromatic heterocycles. The number of aryl methyl sites for hydroxylation is 2. The summed E-state index contributed by atoms with van der Waals surface area (Å²) in [5.74, 6) is 0.183. The highest BCUT2D eigenvalue weighted by Crippen LogP contribution is 2.42. The number of benzene rings is 2. The van der Waals surface area contributed by atoms with Crippen molar-refractivity contribution in [2.24, 2.45) is 5.73 Å². The fraction of sp³-hybridized carbons (Fsp3) is 0.320. The summed E-state index contributed by atoms with van der Waals surface area (Å²) in [6, 6.07) is 11.3. The van der Waals surface area contributed by atoms with E-state index in [1.807, 2.05) is 30.5 Å². The molecule has 10 heteroatoms. The Morgan fingerprint density at radius 2 is 1.80 bits per heavy atom. The molecule has 3 aromatic rings. The van der Waals surface area contributed by atoms with E-state index in [0.29, 0.717) is 36.3 Å². The maximum absolute atomic E-state index is 12.8. The van der Waals surface area contributed by atoms with Crippen LogP contribution in [-0.2, 0) is 0 Å². The van der Waals surface area contributed by atoms with Gasteiger partial charge >= 0.3 is 6.36 Å². The highest BCUT2D eigenvalue weighted by atomic mass is 35.5. The van der Waals surface area contributed by atoms with Gasteiger partial charge in [-0.3, -0.25) is 4.79 Å². The van der Waals surface area contributed by atoms with Crippen LogP contribution in [-0.4, -0.2) is 37.0 Å². The van der Waals surface area contributed by atoms with E-state index in [9.17, 15) is 18.0 Å². The number of amides is 1. The highest BCUT2D eigenvalue weighted by Gasteiger charge is 2.33. The number of halogens is 4. The predicted molar refractivity (Wildman–Crippen MR) is 130 cm³/mol. The first-order valence-electron chi connectivity index (χ1n) is 10.9. The zero-order chi connectivity index (χ0) is 24.6. The first-order chi connectivity index (χ1) is 16.1. The van der Waals surface area contributed by atoms with E-state index in [1.54, 1.807) is 19.2 Å². The highest BCUT2D eigenvalue weighted by molar-refractivity contribution is 5.99. The second kappa shape index (κ2) is 10.2. The van der Waals surface area contributed by atoms with E-state index in [4.69, 9.17) is 10.5 Å². The van der Waals surface area contributed by atoms with Gasteiger partial charge in [0.2, 0.25) is 0 Å². The van der Waals surface area contributed by atoms with Gasteiger partial charge in [0.25, 0.3) is 5.91 Å². The summed E-state index contributed by atoms with van der Waals surface area (Å²) in [7, 11) is 1.60. The van der Waals surface area contributed by atoms with Gasteiger partial charge in [0.1, 0.15) is 17.2 Å². The number of ether oxygens (including phenoxy) is 2. The third-order valence-electron chi connectivity index (χ3n) is 5.95. The number of carbonyl (C=O) groups excluding carboxylic acids is 1. The number of nitrogens with two attached hydrogens (primary N) is 1. The summed E-state index contributed by atoms with van der Waals surface area (Å²) in [5, 5.41) is 2.89. The van der Waals surface area contributed by atoms with Crippen LogP contribution < -0.4 is 20.5 Å². The molecule has 4 rings (SSSR count). The van der Waals surface area contributed by atoms with Crippen molar-refractivity contribution in [3.8, 4) is 33.9 Å². The van der Waals surface area contributed by atoms with Crippen molar-refractivity contribution in [2.45, 2.75) is 32.7 Å². The molecule has 0 saturated heterocycles. The van der Waals surface area contributed by atoms with Gasteiger partial charge in [-0.1, -0.05) is 12.1 Å². The Kier molecular flexibility index (Phi) is 7.71. The van der Waals surface area contributed by atoms with E-state index in [1.165, 1.54) is 18.2 Å². The summed E-state index contributed by atoms with van der Waals surface area (Å²) < 4.78 is 50.2. The van der Waals surface area contributed by atoms with E-state index >= 15 is 0 Å². The molecule has 35 heavy (non-hydrogen) atoms.